The van der Waals surface area contributed by atoms with Crippen LogP contribution in [0.2, 0.25) is 0 Å². The van der Waals surface area contributed by atoms with E-state index in [9.17, 15) is 5.11 Å². The standard InChI is InChI=1S/C22H28O6/c1-24-18-7-5-14(10-20(18)26-3)9-16-13-28-22(17(16)12-23)15-6-8-19(25-2)21(11-15)27-4/h5-8,10-11,16-17,22-23H,9,12-13H2,1-4H3/t16-,17-,22+/m1/s1. The Bertz CT molecular complexity index is 791. The Morgan fingerprint density at radius 1 is 0.857 bits per heavy atom. The van der Waals surface area contributed by atoms with Crippen LogP contribution in [0.1, 0.15) is 17.2 Å². The zero-order chi connectivity index (χ0) is 20.1. The molecule has 0 aromatic heterocycles. The van der Waals surface area contributed by atoms with Crippen LogP contribution in [-0.4, -0.2) is 46.8 Å². The van der Waals surface area contributed by atoms with Crippen molar-refractivity contribution in [1.82, 2.24) is 0 Å². The van der Waals surface area contributed by atoms with E-state index in [0.717, 1.165) is 17.5 Å². The number of aliphatic hydroxyl groups excluding tert-OH is 1. The highest BCUT2D eigenvalue weighted by molar-refractivity contribution is 5.44. The number of hydrogen-bond donors (Lipinski definition) is 1. The summed E-state index contributed by atoms with van der Waals surface area (Å²) >= 11 is 0. The molecule has 1 aliphatic rings. The summed E-state index contributed by atoms with van der Waals surface area (Å²) in [7, 11) is 6.47. The lowest BCUT2D eigenvalue weighted by molar-refractivity contribution is 0.0717. The number of hydrogen-bond acceptors (Lipinski definition) is 6. The fourth-order valence-corrected chi connectivity index (χ4v) is 3.86. The maximum absolute atomic E-state index is 10.1. The normalized spacial score (nSPS) is 21.4. The molecule has 3 rings (SSSR count). The monoisotopic (exact) mass is 388 g/mol. The molecule has 6 nitrogen and oxygen atoms in total. The first kappa shape index (κ1) is 20.3. The molecule has 0 bridgehead atoms. The number of benzene rings is 2. The van der Waals surface area contributed by atoms with Gasteiger partial charge in [-0.3, -0.25) is 0 Å². The second-order valence-corrected chi connectivity index (χ2v) is 6.87. The largest absolute Gasteiger partial charge is 0.493 e. The summed E-state index contributed by atoms with van der Waals surface area (Å²) in [6.07, 6.45) is 0.602. The maximum atomic E-state index is 10.1. The molecule has 0 radical (unpaired) electrons. The molecular formula is C22H28O6. The van der Waals surface area contributed by atoms with Crippen LogP contribution in [-0.2, 0) is 11.2 Å². The Morgan fingerprint density at radius 3 is 2.07 bits per heavy atom. The quantitative estimate of drug-likeness (QED) is 0.749. The Morgan fingerprint density at radius 2 is 1.46 bits per heavy atom. The van der Waals surface area contributed by atoms with Crippen LogP contribution in [0, 0.1) is 11.8 Å². The fourth-order valence-electron chi connectivity index (χ4n) is 3.86. The highest BCUT2D eigenvalue weighted by atomic mass is 16.5. The average molecular weight is 388 g/mol. The molecule has 3 atom stereocenters. The van der Waals surface area contributed by atoms with E-state index < -0.39 is 0 Å². The van der Waals surface area contributed by atoms with E-state index in [-0.39, 0.29) is 24.5 Å². The highest BCUT2D eigenvalue weighted by Crippen LogP contribution is 2.42. The van der Waals surface area contributed by atoms with E-state index in [0.29, 0.717) is 29.6 Å². The van der Waals surface area contributed by atoms with Crippen molar-refractivity contribution < 1.29 is 28.8 Å². The van der Waals surface area contributed by atoms with Crippen LogP contribution in [0.15, 0.2) is 36.4 Å². The molecule has 1 heterocycles. The smallest absolute Gasteiger partial charge is 0.161 e. The minimum Gasteiger partial charge on any atom is -0.493 e. The van der Waals surface area contributed by atoms with Gasteiger partial charge in [-0.1, -0.05) is 12.1 Å². The van der Waals surface area contributed by atoms with Gasteiger partial charge >= 0.3 is 0 Å². The summed E-state index contributed by atoms with van der Waals surface area (Å²) in [4.78, 5) is 0. The SMILES string of the molecule is COc1ccc(C[C@@H]2CO[C@@H](c3ccc(OC)c(OC)c3)[C@@H]2CO)cc1OC. The maximum Gasteiger partial charge on any atom is 0.161 e. The predicted octanol–water partition coefficient (Wildman–Crippen LogP) is 3.26. The van der Waals surface area contributed by atoms with Gasteiger partial charge in [0.1, 0.15) is 0 Å². The van der Waals surface area contributed by atoms with E-state index in [1.807, 2.05) is 36.4 Å². The van der Waals surface area contributed by atoms with Crippen molar-refractivity contribution in [1.29, 1.82) is 0 Å². The number of rotatable bonds is 8. The van der Waals surface area contributed by atoms with E-state index in [1.54, 1.807) is 28.4 Å². The summed E-state index contributed by atoms with van der Waals surface area (Å²) in [6.45, 7) is 0.634. The van der Waals surface area contributed by atoms with Gasteiger partial charge in [0.25, 0.3) is 0 Å². The van der Waals surface area contributed by atoms with Gasteiger partial charge in [-0.25, -0.2) is 0 Å². The Hall–Kier alpha value is -2.44. The molecular weight excluding hydrogens is 360 g/mol. The molecule has 0 spiro atoms. The zero-order valence-corrected chi connectivity index (χ0v) is 16.8. The first-order valence-electron chi connectivity index (χ1n) is 9.30. The molecule has 0 amide bonds. The van der Waals surface area contributed by atoms with Gasteiger partial charge in [0.05, 0.1) is 41.2 Å². The number of aliphatic hydroxyl groups is 1. The van der Waals surface area contributed by atoms with Crippen LogP contribution in [0.3, 0.4) is 0 Å². The fraction of sp³-hybridized carbons (Fsp3) is 0.455. The van der Waals surface area contributed by atoms with Crippen molar-refractivity contribution >= 4 is 0 Å². The average Bonchev–Trinajstić information content (AvgIpc) is 3.15. The third-order valence-corrected chi connectivity index (χ3v) is 5.38. The van der Waals surface area contributed by atoms with Gasteiger partial charge in [-0.05, 0) is 47.7 Å². The van der Waals surface area contributed by atoms with Crippen molar-refractivity contribution in [2.24, 2.45) is 11.8 Å². The Kier molecular flexibility index (Phi) is 6.65. The third-order valence-electron chi connectivity index (χ3n) is 5.38. The molecule has 1 aliphatic heterocycles. The first-order valence-corrected chi connectivity index (χ1v) is 9.30. The lowest BCUT2D eigenvalue weighted by Gasteiger charge is -2.22. The molecule has 0 unspecified atom stereocenters. The molecule has 152 valence electrons. The van der Waals surface area contributed by atoms with Crippen LogP contribution in [0.5, 0.6) is 23.0 Å². The molecule has 28 heavy (non-hydrogen) atoms. The van der Waals surface area contributed by atoms with Crippen molar-refractivity contribution in [3.63, 3.8) is 0 Å². The van der Waals surface area contributed by atoms with Gasteiger partial charge in [0, 0.05) is 12.5 Å². The minimum absolute atomic E-state index is 0.00815. The lowest BCUT2D eigenvalue weighted by atomic mass is 9.84. The second-order valence-electron chi connectivity index (χ2n) is 6.87. The van der Waals surface area contributed by atoms with Crippen LogP contribution < -0.4 is 18.9 Å². The van der Waals surface area contributed by atoms with Crippen molar-refractivity contribution in [3.05, 3.63) is 47.5 Å². The zero-order valence-electron chi connectivity index (χ0n) is 16.8. The Balaban J connectivity index is 1.79. The summed E-state index contributed by atoms with van der Waals surface area (Å²) < 4.78 is 27.5. The van der Waals surface area contributed by atoms with Gasteiger partial charge in [-0.2, -0.15) is 0 Å². The van der Waals surface area contributed by atoms with E-state index >= 15 is 0 Å². The van der Waals surface area contributed by atoms with Gasteiger partial charge in [0.2, 0.25) is 0 Å². The molecule has 2 aromatic carbocycles. The van der Waals surface area contributed by atoms with Crippen molar-refractivity contribution in [2.75, 3.05) is 41.7 Å². The third kappa shape index (κ3) is 4.03. The van der Waals surface area contributed by atoms with E-state index in [1.165, 1.54) is 0 Å². The summed E-state index contributed by atoms with van der Waals surface area (Å²) in [6, 6.07) is 11.7. The first-order chi connectivity index (χ1) is 13.6. The van der Waals surface area contributed by atoms with E-state index in [2.05, 4.69) is 0 Å². The minimum atomic E-state index is -0.185. The van der Waals surface area contributed by atoms with E-state index in [4.69, 9.17) is 23.7 Å². The number of methoxy groups -OCH3 is 4. The molecule has 0 saturated carbocycles. The lowest BCUT2D eigenvalue weighted by Crippen LogP contribution is -2.21. The van der Waals surface area contributed by atoms with Crippen LogP contribution in [0.25, 0.3) is 0 Å². The van der Waals surface area contributed by atoms with Gasteiger partial charge < -0.3 is 28.8 Å². The molecule has 0 aliphatic carbocycles. The second kappa shape index (κ2) is 9.17. The Labute approximate surface area is 165 Å². The predicted molar refractivity (Wildman–Crippen MR) is 106 cm³/mol. The van der Waals surface area contributed by atoms with Gasteiger partial charge in [-0.15, -0.1) is 0 Å². The molecule has 6 heteroatoms. The topological polar surface area (TPSA) is 66.4 Å². The van der Waals surface area contributed by atoms with Gasteiger partial charge in [0.15, 0.2) is 23.0 Å². The summed E-state index contributed by atoms with van der Waals surface area (Å²) in [5.41, 5.74) is 2.10. The van der Waals surface area contributed by atoms with Crippen molar-refractivity contribution in [3.8, 4) is 23.0 Å². The molecule has 1 saturated heterocycles. The van der Waals surface area contributed by atoms with Crippen LogP contribution >= 0.6 is 0 Å². The highest BCUT2D eigenvalue weighted by Gasteiger charge is 2.38. The molecule has 2 aromatic rings. The molecule has 1 fully saturated rings. The summed E-state index contributed by atoms with van der Waals surface area (Å²) in [5, 5.41) is 10.1. The molecule has 1 N–H and O–H groups in total. The van der Waals surface area contributed by atoms with Crippen molar-refractivity contribution in [2.45, 2.75) is 12.5 Å². The van der Waals surface area contributed by atoms with Crippen LogP contribution in [0.4, 0.5) is 0 Å². The number of ether oxygens (including phenoxy) is 5. The summed E-state index contributed by atoms with van der Waals surface area (Å²) in [5.74, 6) is 2.93.